The zero-order chi connectivity index (χ0) is 10.2. The van der Waals surface area contributed by atoms with Crippen molar-refractivity contribution >= 4 is 0 Å². The van der Waals surface area contributed by atoms with Crippen molar-refractivity contribution in [2.24, 2.45) is 11.7 Å². The lowest BCUT2D eigenvalue weighted by atomic mass is 9.73. The van der Waals surface area contributed by atoms with Gasteiger partial charge in [0.1, 0.15) is 0 Å². The highest BCUT2D eigenvalue weighted by atomic mass is 16.3. The average molecular weight is 195 g/mol. The summed E-state index contributed by atoms with van der Waals surface area (Å²) in [5, 5.41) is 17.5. The predicted molar refractivity (Wildman–Crippen MR) is 53.6 cm³/mol. The summed E-state index contributed by atoms with van der Waals surface area (Å²) in [5.74, 6) is 0.260. The third-order valence-electron chi connectivity index (χ3n) is 3.35. The van der Waals surface area contributed by atoms with Gasteiger partial charge in [-0.2, -0.15) is 5.10 Å². The molecule has 0 aromatic carbocycles. The molecule has 0 fully saturated rings. The van der Waals surface area contributed by atoms with Crippen molar-refractivity contribution in [2.45, 2.75) is 31.8 Å². The summed E-state index contributed by atoms with van der Waals surface area (Å²) in [6.07, 6.45) is 4.32. The van der Waals surface area contributed by atoms with E-state index in [0.29, 0.717) is 13.0 Å². The second-order valence-electron chi connectivity index (χ2n) is 4.16. The Hall–Kier alpha value is -0.870. The van der Waals surface area contributed by atoms with Gasteiger partial charge in [-0.25, -0.2) is 0 Å². The number of fused-ring (bicyclic) bond motifs is 1. The second kappa shape index (κ2) is 3.37. The number of H-pyrrole nitrogens is 1. The van der Waals surface area contributed by atoms with Gasteiger partial charge in [0, 0.05) is 11.3 Å². The number of nitrogens with one attached hydrogen (secondary N) is 1. The minimum atomic E-state index is -0.769. The zero-order valence-corrected chi connectivity index (χ0v) is 8.45. The molecule has 1 aromatic rings. The van der Waals surface area contributed by atoms with Crippen molar-refractivity contribution < 1.29 is 5.11 Å². The number of nitrogens with zero attached hydrogens (tertiary/aromatic N) is 1. The van der Waals surface area contributed by atoms with Crippen LogP contribution in [0.2, 0.25) is 0 Å². The Balaban J connectivity index is 2.40. The van der Waals surface area contributed by atoms with Gasteiger partial charge >= 0.3 is 0 Å². The van der Waals surface area contributed by atoms with Gasteiger partial charge in [0.05, 0.1) is 11.8 Å². The lowest BCUT2D eigenvalue weighted by Gasteiger charge is -2.37. The largest absolute Gasteiger partial charge is 0.385 e. The molecular weight excluding hydrogens is 178 g/mol. The first-order valence-electron chi connectivity index (χ1n) is 5.13. The standard InChI is InChI=1S/C10H17N3O/c1-7-2-3-9-8(6-12-13-9)10(7,14)4-5-11/h6-7,14H,2-5,11H2,1H3,(H,12,13). The molecule has 1 aliphatic rings. The van der Waals surface area contributed by atoms with E-state index in [9.17, 15) is 5.11 Å². The van der Waals surface area contributed by atoms with Gasteiger partial charge in [-0.1, -0.05) is 6.92 Å². The molecular formula is C10H17N3O. The van der Waals surface area contributed by atoms with Gasteiger partial charge in [0.15, 0.2) is 0 Å². The third kappa shape index (κ3) is 1.26. The van der Waals surface area contributed by atoms with Crippen molar-refractivity contribution in [3.05, 3.63) is 17.5 Å². The molecule has 2 unspecified atom stereocenters. The molecule has 4 nitrogen and oxygen atoms in total. The van der Waals surface area contributed by atoms with E-state index < -0.39 is 5.60 Å². The Morgan fingerprint density at radius 3 is 3.29 bits per heavy atom. The number of aromatic nitrogens is 2. The smallest absolute Gasteiger partial charge is 0.0966 e. The van der Waals surface area contributed by atoms with E-state index in [0.717, 1.165) is 24.1 Å². The lowest BCUT2D eigenvalue weighted by molar-refractivity contribution is -0.0334. The molecule has 0 amide bonds. The molecule has 0 saturated carbocycles. The summed E-state index contributed by atoms with van der Waals surface area (Å²) in [4.78, 5) is 0. The third-order valence-corrected chi connectivity index (χ3v) is 3.35. The predicted octanol–water partition coefficient (Wildman–Crippen LogP) is 0.528. The molecule has 4 N–H and O–H groups in total. The Bertz CT molecular complexity index is 323. The Morgan fingerprint density at radius 1 is 1.79 bits per heavy atom. The van der Waals surface area contributed by atoms with E-state index in [2.05, 4.69) is 17.1 Å². The quantitative estimate of drug-likeness (QED) is 0.644. The molecule has 0 spiro atoms. The minimum Gasteiger partial charge on any atom is -0.385 e. The van der Waals surface area contributed by atoms with Crippen molar-refractivity contribution in [3.63, 3.8) is 0 Å². The molecule has 14 heavy (non-hydrogen) atoms. The average Bonchev–Trinajstić information content (AvgIpc) is 2.61. The summed E-state index contributed by atoms with van der Waals surface area (Å²) < 4.78 is 0. The molecule has 2 rings (SSSR count). The Labute approximate surface area is 83.5 Å². The first-order chi connectivity index (χ1) is 6.68. The van der Waals surface area contributed by atoms with Crippen molar-refractivity contribution in [1.29, 1.82) is 0 Å². The molecule has 1 aliphatic carbocycles. The Morgan fingerprint density at radius 2 is 2.57 bits per heavy atom. The van der Waals surface area contributed by atoms with Gasteiger partial charge in [-0.05, 0) is 31.7 Å². The number of aliphatic hydroxyl groups is 1. The maximum atomic E-state index is 10.5. The molecule has 2 atom stereocenters. The normalized spacial score (nSPS) is 31.5. The topological polar surface area (TPSA) is 74.9 Å². The molecule has 78 valence electrons. The van der Waals surface area contributed by atoms with Gasteiger partial charge in [-0.15, -0.1) is 0 Å². The molecule has 4 heteroatoms. The summed E-state index contributed by atoms with van der Waals surface area (Å²) >= 11 is 0. The number of hydrogen-bond donors (Lipinski definition) is 3. The van der Waals surface area contributed by atoms with Crippen LogP contribution < -0.4 is 5.73 Å². The van der Waals surface area contributed by atoms with E-state index in [1.807, 2.05) is 0 Å². The number of nitrogens with two attached hydrogens (primary N) is 1. The van der Waals surface area contributed by atoms with Gasteiger partial charge in [0.2, 0.25) is 0 Å². The van der Waals surface area contributed by atoms with Crippen LogP contribution in [-0.2, 0) is 12.0 Å². The fraction of sp³-hybridized carbons (Fsp3) is 0.700. The zero-order valence-electron chi connectivity index (χ0n) is 8.45. The van der Waals surface area contributed by atoms with Crippen molar-refractivity contribution in [1.82, 2.24) is 10.2 Å². The van der Waals surface area contributed by atoms with Crippen LogP contribution in [0.1, 0.15) is 31.0 Å². The molecule has 0 aliphatic heterocycles. The Kier molecular flexibility index (Phi) is 2.33. The van der Waals surface area contributed by atoms with Gasteiger partial charge < -0.3 is 10.8 Å². The SMILES string of the molecule is CC1CCc2[nH]ncc2C1(O)CCN. The fourth-order valence-corrected chi connectivity index (χ4v) is 2.34. The van der Waals surface area contributed by atoms with E-state index in [4.69, 9.17) is 5.73 Å². The summed E-state index contributed by atoms with van der Waals surface area (Å²) in [7, 11) is 0. The first kappa shape index (κ1) is 9.68. The van der Waals surface area contributed by atoms with Crippen LogP contribution in [0.25, 0.3) is 0 Å². The second-order valence-corrected chi connectivity index (χ2v) is 4.16. The van der Waals surface area contributed by atoms with Gasteiger partial charge in [-0.3, -0.25) is 5.10 Å². The number of aryl methyl sites for hydroxylation is 1. The molecule has 1 heterocycles. The van der Waals surface area contributed by atoms with E-state index >= 15 is 0 Å². The molecule has 0 radical (unpaired) electrons. The van der Waals surface area contributed by atoms with Crippen LogP contribution >= 0.6 is 0 Å². The maximum absolute atomic E-state index is 10.5. The van der Waals surface area contributed by atoms with Crippen LogP contribution in [0, 0.1) is 5.92 Å². The minimum absolute atomic E-state index is 0.260. The van der Waals surface area contributed by atoms with E-state index in [1.54, 1.807) is 6.20 Å². The monoisotopic (exact) mass is 195 g/mol. The summed E-state index contributed by atoms with van der Waals surface area (Å²) in [6.45, 7) is 2.58. The summed E-state index contributed by atoms with van der Waals surface area (Å²) in [5.41, 5.74) is 6.79. The fourth-order valence-electron chi connectivity index (χ4n) is 2.34. The maximum Gasteiger partial charge on any atom is 0.0966 e. The number of hydrogen-bond acceptors (Lipinski definition) is 3. The lowest BCUT2D eigenvalue weighted by Crippen LogP contribution is -2.39. The highest BCUT2D eigenvalue weighted by molar-refractivity contribution is 5.28. The summed E-state index contributed by atoms with van der Waals surface area (Å²) in [6, 6.07) is 0. The van der Waals surface area contributed by atoms with Crippen LogP contribution in [0.5, 0.6) is 0 Å². The number of aromatic amines is 1. The van der Waals surface area contributed by atoms with Crippen LogP contribution in [0.15, 0.2) is 6.20 Å². The molecule has 0 bridgehead atoms. The van der Waals surface area contributed by atoms with E-state index in [-0.39, 0.29) is 5.92 Å². The van der Waals surface area contributed by atoms with Crippen LogP contribution in [-0.4, -0.2) is 21.8 Å². The molecule has 0 saturated heterocycles. The number of rotatable bonds is 2. The first-order valence-corrected chi connectivity index (χ1v) is 5.13. The molecule has 1 aromatic heterocycles. The van der Waals surface area contributed by atoms with Crippen molar-refractivity contribution in [2.75, 3.05) is 6.54 Å². The van der Waals surface area contributed by atoms with E-state index in [1.165, 1.54) is 0 Å². The van der Waals surface area contributed by atoms with Crippen LogP contribution in [0.4, 0.5) is 0 Å². The highest BCUT2D eigenvalue weighted by Gasteiger charge is 2.40. The van der Waals surface area contributed by atoms with Crippen LogP contribution in [0.3, 0.4) is 0 Å². The van der Waals surface area contributed by atoms with Crippen molar-refractivity contribution in [3.8, 4) is 0 Å². The van der Waals surface area contributed by atoms with Gasteiger partial charge in [0.25, 0.3) is 0 Å². The highest BCUT2D eigenvalue weighted by Crippen LogP contribution is 2.40.